The van der Waals surface area contributed by atoms with Gasteiger partial charge < -0.3 is 9.84 Å². The van der Waals surface area contributed by atoms with Crippen molar-refractivity contribution in [1.29, 1.82) is 0 Å². The van der Waals surface area contributed by atoms with Gasteiger partial charge in [-0.3, -0.25) is 0 Å². The summed E-state index contributed by atoms with van der Waals surface area (Å²) in [7, 11) is 0. The smallest absolute Gasteiger partial charge is 0.460 e. The predicted octanol–water partition coefficient (Wildman–Crippen LogP) is 3.39. The maximum atomic E-state index is 13.4. The molecule has 0 N–H and O–H groups in total. The lowest BCUT2D eigenvalue weighted by molar-refractivity contribution is -0.681. The molecule has 0 saturated carbocycles. The number of aromatic nitrogens is 1. The number of rotatable bonds is 7. The zero-order valence-electron chi connectivity index (χ0n) is 14.5. The summed E-state index contributed by atoms with van der Waals surface area (Å²) in [6.45, 7) is -2.47. The highest BCUT2D eigenvalue weighted by atomic mass is 19.4. The number of pyridine rings is 1. The molecule has 4 nitrogen and oxygen atoms in total. The van der Waals surface area contributed by atoms with Gasteiger partial charge in [0.2, 0.25) is 12.4 Å². The van der Waals surface area contributed by atoms with E-state index in [1.165, 1.54) is 12.4 Å². The number of nitrogens with zero attached hydrogens (tertiary/aromatic N) is 2. The monoisotopic (exact) mass is 446 g/mol. The van der Waals surface area contributed by atoms with Gasteiger partial charge in [0.15, 0.2) is 6.61 Å². The predicted molar refractivity (Wildman–Crippen MR) is 81.4 cm³/mol. The van der Waals surface area contributed by atoms with Crippen molar-refractivity contribution >= 4 is 5.90 Å². The van der Waals surface area contributed by atoms with Gasteiger partial charge >= 0.3 is 23.9 Å². The minimum absolute atomic E-state index is 0.0700. The Morgan fingerprint density at radius 2 is 1.37 bits per heavy atom. The summed E-state index contributed by atoms with van der Waals surface area (Å²) in [5, 5.41) is 15.6. The molecule has 0 aliphatic rings. The highest BCUT2D eigenvalue weighted by molar-refractivity contribution is 5.90. The van der Waals surface area contributed by atoms with Gasteiger partial charge in [0.05, 0.1) is 5.90 Å². The minimum Gasteiger partial charge on any atom is -0.854 e. The normalized spacial score (nSPS) is 14.0. The first-order chi connectivity index (χ1) is 13.7. The Morgan fingerprint density at radius 1 is 0.833 bits per heavy atom. The van der Waals surface area contributed by atoms with Crippen LogP contribution in [0.15, 0.2) is 60.0 Å². The van der Waals surface area contributed by atoms with E-state index in [0.717, 1.165) is 28.9 Å². The van der Waals surface area contributed by atoms with Crippen LogP contribution in [0.5, 0.6) is 5.75 Å². The number of hydrogen-bond donors (Lipinski definition) is 0. The number of benzene rings is 1. The van der Waals surface area contributed by atoms with E-state index in [2.05, 4.69) is 9.84 Å². The summed E-state index contributed by atoms with van der Waals surface area (Å²) >= 11 is 0. The van der Waals surface area contributed by atoms with E-state index >= 15 is 0 Å². The van der Waals surface area contributed by atoms with E-state index in [1.807, 2.05) is 0 Å². The topological polar surface area (TPSA) is 48.5 Å². The molecule has 1 aromatic heterocycles. The third-order valence-electron chi connectivity index (χ3n) is 3.64. The third kappa shape index (κ3) is 4.60. The number of halogens is 9. The van der Waals surface area contributed by atoms with Crippen LogP contribution < -0.4 is 14.5 Å². The van der Waals surface area contributed by atoms with Gasteiger partial charge in [-0.1, -0.05) is 22.9 Å². The van der Waals surface area contributed by atoms with Crippen molar-refractivity contribution in [3.63, 3.8) is 0 Å². The average molecular weight is 446 g/mol. The first kappa shape index (κ1) is 23.3. The lowest BCUT2D eigenvalue weighted by atomic mass is 10.0. The van der Waals surface area contributed by atoms with Gasteiger partial charge in [0, 0.05) is 12.1 Å². The maximum Gasteiger partial charge on any atom is 0.460 e. The van der Waals surface area contributed by atoms with Crippen LogP contribution in [0.1, 0.15) is 5.56 Å². The fraction of sp³-hybridized carbons (Fsp3) is 0.294. The zero-order valence-corrected chi connectivity index (χ0v) is 14.5. The fourth-order valence-electron chi connectivity index (χ4n) is 1.98. The van der Waals surface area contributed by atoms with Crippen molar-refractivity contribution in [3.8, 4) is 5.75 Å². The molecule has 0 unspecified atom stereocenters. The average Bonchev–Trinajstić information content (AvgIpc) is 2.66. The van der Waals surface area contributed by atoms with Crippen molar-refractivity contribution < 1.29 is 54.0 Å². The van der Waals surface area contributed by atoms with Crippen molar-refractivity contribution in [3.05, 3.63) is 60.4 Å². The zero-order chi connectivity index (χ0) is 22.8. The number of hydrogen-bond acceptors (Lipinski definition) is 3. The molecule has 0 amide bonds. The van der Waals surface area contributed by atoms with E-state index in [9.17, 15) is 44.6 Å². The highest BCUT2D eigenvalue weighted by Crippen LogP contribution is 2.53. The van der Waals surface area contributed by atoms with Crippen molar-refractivity contribution in [2.24, 2.45) is 5.10 Å². The standard InChI is InChI=1S/C17H11F9N2O2/c18-14(19,15(20,21)16(22,23)17(24,25)26)10-30-12-6-4-11(5-7-12)13(29)27-28-8-2-1-3-9-28/h1-9H,10H2. The summed E-state index contributed by atoms with van der Waals surface area (Å²) in [4.78, 5) is 0. The van der Waals surface area contributed by atoms with Gasteiger partial charge in [-0.2, -0.15) is 39.5 Å². The van der Waals surface area contributed by atoms with E-state index in [-0.39, 0.29) is 5.56 Å². The molecule has 0 atom stereocenters. The molecule has 0 radical (unpaired) electrons. The molecule has 2 aromatic rings. The van der Waals surface area contributed by atoms with Gasteiger partial charge in [0.25, 0.3) is 0 Å². The van der Waals surface area contributed by atoms with Gasteiger partial charge in [-0.15, -0.1) is 0 Å². The largest absolute Gasteiger partial charge is 0.854 e. The van der Waals surface area contributed by atoms with Crippen molar-refractivity contribution in [1.82, 2.24) is 0 Å². The summed E-state index contributed by atoms with van der Waals surface area (Å²) in [6.07, 6.45) is -4.02. The van der Waals surface area contributed by atoms with E-state index in [0.29, 0.717) is 0 Å². The van der Waals surface area contributed by atoms with Crippen LogP contribution in [0.4, 0.5) is 39.5 Å². The highest BCUT2D eigenvalue weighted by Gasteiger charge is 2.81. The Kier molecular flexibility index (Phi) is 6.23. The molecule has 13 heteroatoms. The van der Waals surface area contributed by atoms with E-state index in [4.69, 9.17) is 0 Å². The lowest BCUT2D eigenvalue weighted by Crippen LogP contribution is -2.62. The van der Waals surface area contributed by atoms with Crippen LogP contribution in [0.3, 0.4) is 0 Å². The molecule has 0 bridgehead atoms. The van der Waals surface area contributed by atoms with Crippen LogP contribution in [-0.2, 0) is 0 Å². The quantitative estimate of drug-likeness (QED) is 0.284. The van der Waals surface area contributed by atoms with Gasteiger partial charge in [-0.05, 0) is 22.8 Å². The van der Waals surface area contributed by atoms with E-state index < -0.39 is 42.2 Å². The Bertz CT molecular complexity index is 882. The molecule has 0 aliphatic heterocycles. The molecule has 0 saturated heterocycles. The second-order valence-corrected chi connectivity index (χ2v) is 5.82. The molecule has 0 aliphatic carbocycles. The lowest BCUT2D eigenvalue weighted by Gasteiger charge is -2.33. The Balaban J connectivity index is 2.11. The summed E-state index contributed by atoms with van der Waals surface area (Å²) in [6, 6.07) is 8.53. The summed E-state index contributed by atoms with van der Waals surface area (Å²) < 4.78 is 120. The molecular formula is C17H11F9N2O2. The van der Waals surface area contributed by atoms with Crippen molar-refractivity contribution in [2.45, 2.75) is 23.9 Å². The molecule has 2 rings (SSSR count). The Hall–Kier alpha value is -2.99. The second kappa shape index (κ2) is 8.03. The van der Waals surface area contributed by atoms with Crippen LogP contribution in [0.2, 0.25) is 0 Å². The first-order valence-electron chi connectivity index (χ1n) is 7.85. The molecule has 0 spiro atoms. The molecular weight excluding hydrogens is 435 g/mol. The van der Waals surface area contributed by atoms with Crippen molar-refractivity contribution in [2.75, 3.05) is 6.61 Å². The van der Waals surface area contributed by atoms with Gasteiger partial charge in [0.1, 0.15) is 5.75 Å². The van der Waals surface area contributed by atoms with Crippen LogP contribution in [-0.4, -0.2) is 36.4 Å². The SMILES string of the molecule is [O-]/C(=N\[n+]1ccccc1)c1ccc(OCC(F)(F)C(F)(F)C(F)(F)C(F)(F)F)cc1. The number of ether oxygens (including phenoxy) is 1. The molecule has 1 heterocycles. The van der Waals surface area contributed by atoms with E-state index in [1.54, 1.807) is 18.2 Å². The fourth-order valence-corrected chi connectivity index (χ4v) is 1.98. The summed E-state index contributed by atoms with van der Waals surface area (Å²) in [5.74, 6) is -21.0. The first-order valence-corrected chi connectivity index (χ1v) is 7.85. The van der Waals surface area contributed by atoms with Gasteiger partial charge in [-0.25, -0.2) is 0 Å². The van der Waals surface area contributed by atoms with Crippen LogP contribution in [0, 0.1) is 0 Å². The second-order valence-electron chi connectivity index (χ2n) is 5.82. The Labute approximate surface area is 162 Å². The summed E-state index contributed by atoms with van der Waals surface area (Å²) in [5.41, 5.74) is -0.0700. The molecule has 0 fully saturated rings. The minimum atomic E-state index is -6.99. The van der Waals surface area contributed by atoms with Crippen LogP contribution in [0.25, 0.3) is 0 Å². The number of alkyl halides is 9. The Morgan fingerprint density at radius 3 is 1.87 bits per heavy atom. The molecule has 164 valence electrons. The maximum absolute atomic E-state index is 13.4. The van der Waals surface area contributed by atoms with Crippen LogP contribution >= 0.6 is 0 Å². The third-order valence-corrected chi connectivity index (χ3v) is 3.64. The molecule has 1 aromatic carbocycles. The molecule has 30 heavy (non-hydrogen) atoms.